The Morgan fingerprint density at radius 3 is 2.47 bits per heavy atom. The van der Waals surface area contributed by atoms with Crippen LogP contribution in [0.15, 0.2) is 0 Å². The van der Waals surface area contributed by atoms with Gasteiger partial charge in [0, 0.05) is 19.3 Å². The Balaban J connectivity index is 2.11. The molecule has 1 saturated carbocycles. The fraction of sp³-hybridized carbons (Fsp3) is 1.00. The predicted octanol–water partition coefficient (Wildman–Crippen LogP) is 3.10. The number of hydrogen-bond donors (Lipinski definition) is 1. The third-order valence-corrected chi connectivity index (χ3v) is 3.54. The van der Waals surface area contributed by atoms with Crippen molar-refractivity contribution < 1.29 is 4.74 Å². The van der Waals surface area contributed by atoms with Gasteiger partial charge in [-0.15, -0.1) is 0 Å². The van der Waals surface area contributed by atoms with E-state index in [4.69, 9.17) is 10.5 Å². The van der Waals surface area contributed by atoms with Crippen LogP contribution in [0.5, 0.6) is 0 Å². The largest absolute Gasteiger partial charge is 0.382 e. The molecule has 0 aromatic carbocycles. The second-order valence-corrected chi connectivity index (χ2v) is 4.75. The molecule has 1 aliphatic rings. The maximum Gasteiger partial charge on any atom is 0.0466 e. The summed E-state index contributed by atoms with van der Waals surface area (Å²) in [6.45, 7) is 3.76. The molecule has 1 rings (SSSR count). The highest BCUT2D eigenvalue weighted by molar-refractivity contribution is 4.75. The first kappa shape index (κ1) is 13.0. The van der Waals surface area contributed by atoms with E-state index in [1.54, 1.807) is 0 Å². The summed E-state index contributed by atoms with van der Waals surface area (Å²) in [6.07, 6.45) is 10.6. The minimum absolute atomic E-state index is 0.420. The van der Waals surface area contributed by atoms with Crippen LogP contribution in [0.1, 0.15) is 58.3 Å². The molecular weight excluding hydrogens is 186 g/mol. The van der Waals surface area contributed by atoms with E-state index in [9.17, 15) is 0 Å². The molecule has 1 unspecified atom stereocenters. The lowest BCUT2D eigenvalue weighted by Crippen LogP contribution is -2.30. The minimum Gasteiger partial charge on any atom is -0.382 e. The van der Waals surface area contributed by atoms with E-state index in [2.05, 4.69) is 0 Å². The van der Waals surface area contributed by atoms with E-state index in [0.717, 1.165) is 32.0 Å². The summed E-state index contributed by atoms with van der Waals surface area (Å²) < 4.78 is 5.34. The predicted molar refractivity (Wildman–Crippen MR) is 64.9 cm³/mol. The first-order chi connectivity index (χ1) is 7.34. The topological polar surface area (TPSA) is 35.2 Å². The first-order valence-electron chi connectivity index (χ1n) is 6.68. The van der Waals surface area contributed by atoms with E-state index < -0.39 is 0 Å². The molecule has 0 saturated heterocycles. The molecular formula is C13H27NO. The molecule has 0 bridgehead atoms. The SMILES string of the molecule is CCOCCCC(N)C1CCCCCC1. The third kappa shape index (κ3) is 5.53. The number of rotatable bonds is 6. The van der Waals surface area contributed by atoms with Crippen LogP contribution in [-0.4, -0.2) is 19.3 Å². The summed E-state index contributed by atoms with van der Waals surface area (Å²) in [5, 5.41) is 0. The van der Waals surface area contributed by atoms with Crippen molar-refractivity contribution in [2.24, 2.45) is 11.7 Å². The van der Waals surface area contributed by atoms with Crippen LogP contribution >= 0.6 is 0 Å². The summed E-state index contributed by atoms with van der Waals surface area (Å²) >= 11 is 0. The molecule has 0 aromatic rings. The zero-order valence-corrected chi connectivity index (χ0v) is 10.2. The van der Waals surface area contributed by atoms with Crippen molar-refractivity contribution in [2.75, 3.05) is 13.2 Å². The monoisotopic (exact) mass is 213 g/mol. The standard InChI is InChI=1S/C13H27NO/c1-2-15-11-7-10-13(14)12-8-5-3-4-6-9-12/h12-13H,2-11,14H2,1H3. The molecule has 2 heteroatoms. The average Bonchev–Trinajstić information content (AvgIpc) is 2.52. The molecule has 0 heterocycles. The van der Waals surface area contributed by atoms with Crippen molar-refractivity contribution in [3.05, 3.63) is 0 Å². The highest BCUT2D eigenvalue weighted by atomic mass is 16.5. The van der Waals surface area contributed by atoms with Crippen LogP contribution in [0, 0.1) is 5.92 Å². The molecule has 1 fully saturated rings. The maximum atomic E-state index is 6.24. The molecule has 90 valence electrons. The molecule has 2 nitrogen and oxygen atoms in total. The van der Waals surface area contributed by atoms with Gasteiger partial charge >= 0.3 is 0 Å². The van der Waals surface area contributed by atoms with Gasteiger partial charge in [-0.05, 0) is 38.5 Å². The molecule has 2 N–H and O–H groups in total. The normalized spacial score (nSPS) is 21.2. The smallest absolute Gasteiger partial charge is 0.0466 e. The van der Waals surface area contributed by atoms with Crippen LogP contribution in [-0.2, 0) is 4.74 Å². The zero-order chi connectivity index (χ0) is 10.9. The van der Waals surface area contributed by atoms with Crippen LogP contribution in [0.2, 0.25) is 0 Å². The summed E-state index contributed by atoms with van der Waals surface area (Å²) in [5.74, 6) is 0.786. The number of hydrogen-bond acceptors (Lipinski definition) is 2. The highest BCUT2D eigenvalue weighted by Crippen LogP contribution is 2.26. The Kier molecular flexibility index (Phi) is 7.03. The van der Waals surface area contributed by atoms with Gasteiger partial charge in [-0.3, -0.25) is 0 Å². The van der Waals surface area contributed by atoms with E-state index >= 15 is 0 Å². The van der Waals surface area contributed by atoms with E-state index in [-0.39, 0.29) is 0 Å². The molecule has 1 atom stereocenters. The van der Waals surface area contributed by atoms with E-state index in [1.165, 1.54) is 38.5 Å². The molecule has 1 aliphatic carbocycles. The summed E-state index contributed by atoms with van der Waals surface area (Å²) in [5.41, 5.74) is 6.24. The van der Waals surface area contributed by atoms with Crippen molar-refractivity contribution in [2.45, 2.75) is 64.3 Å². The van der Waals surface area contributed by atoms with E-state index in [1.807, 2.05) is 6.92 Å². The molecule has 0 aliphatic heterocycles. The van der Waals surface area contributed by atoms with Crippen LogP contribution in [0.3, 0.4) is 0 Å². The summed E-state index contributed by atoms with van der Waals surface area (Å²) in [7, 11) is 0. The van der Waals surface area contributed by atoms with Gasteiger partial charge in [-0.2, -0.15) is 0 Å². The Bertz CT molecular complexity index is 141. The lowest BCUT2D eigenvalue weighted by molar-refractivity contribution is 0.139. The zero-order valence-electron chi connectivity index (χ0n) is 10.2. The quantitative estimate of drug-likeness (QED) is 0.543. The van der Waals surface area contributed by atoms with Crippen molar-refractivity contribution in [3.8, 4) is 0 Å². The van der Waals surface area contributed by atoms with Gasteiger partial charge in [0.05, 0.1) is 0 Å². The second-order valence-electron chi connectivity index (χ2n) is 4.75. The van der Waals surface area contributed by atoms with Gasteiger partial charge in [-0.1, -0.05) is 25.7 Å². The Hall–Kier alpha value is -0.0800. The number of nitrogens with two attached hydrogens (primary N) is 1. The van der Waals surface area contributed by atoms with E-state index in [0.29, 0.717) is 6.04 Å². The second kappa shape index (κ2) is 8.12. The van der Waals surface area contributed by atoms with Gasteiger partial charge in [0.2, 0.25) is 0 Å². The van der Waals surface area contributed by atoms with Crippen LogP contribution in [0.4, 0.5) is 0 Å². The molecule has 0 aromatic heterocycles. The number of ether oxygens (including phenoxy) is 1. The Morgan fingerprint density at radius 2 is 1.87 bits per heavy atom. The van der Waals surface area contributed by atoms with Crippen molar-refractivity contribution >= 4 is 0 Å². The van der Waals surface area contributed by atoms with Gasteiger partial charge in [0.25, 0.3) is 0 Å². The van der Waals surface area contributed by atoms with Gasteiger partial charge in [0.15, 0.2) is 0 Å². The van der Waals surface area contributed by atoms with Crippen molar-refractivity contribution in [1.29, 1.82) is 0 Å². The third-order valence-electron chi connectivity index (χ3n) is 3.54. The van der Waals surface area contributed by atoms with Crippen molar-refractivity contribution in [1.82, 2.24) is 0 Å². The average molecular weight is 213 g/mol. The van der Waals surface area contributed by atoms with Gasteiger partial charge in [0.1, 0.15) is 0 Å². The summed E-state index contributed by atoms with van der Waals surface area (Å²) in [6, 6.07) is 0.420. The van der Waals surface area contributed by atoms with Crippen LogP contribution < -0.4 is 5.73 Å². The lowest BCUT2D eigenvalue weighted by atomic mass is 9.90. The molecule has 0 amide bonds. The Morgan fingerprint density at radius 1 is 1.20 bits per heavy atom. The fourth-order valence-electron chi connectivity index (χ4n) is 2.54. The van der Waals surface area contributed by atoms with Gasteiger partial charge < -0.3 is 10.5 Å². The van der Waals surface area contributed by atoms with Gasteiger partial charge in [-0.25, -0.2) is 0 Å². The molecule has 0 radical (unpaired) electrons. The first-order valence-corrected chi connectivity index (χ1v) is 6.68. The summed E-state index contributed by atoms with van der Waals surface area (Å²) in [4.78, 5) is 0. The molecule has 0 spiro atoms. The lowest BCUT2D eigenvalue weighted by Gasteiger charge is -2.22. The van der Waals surface area contributed by atoms with Crippen LogP contribution in [0.25, 0.3) is 0 Å². The maximum absolute atomic E-state index is 6.24. The fourth-order valence-corrected chi connectivity index (χ4v) is 2.54. The highest BCUT2D eigenvalue weighted by Gasteiger charge is 2.18. The Labute approximate surface area is 94.6 Å². The minimum atomic E-state index is 0.420. The molecule has 15 heavy (non-hydrogen) atoms. The van der Waals surface area contributed by atoms with Crippen molar-refractivity contribution in [3.63, 3.8) is 0 Å².